The zero-order valence-corrected chi connectivity index (χ0v) is 10.4. The second-order valence-electron chi connectivity index (χ2n) is 2.59. The Bertz CT molecular complexity index is 334. The summed E-state index contributed by atoms with van der Waals surface area (Å²) >= 11 is 8.43. The van der Waals surface area contributed by atoms with Crippen molar-refractivity contribution in [3.63, 3.8) is 0 Å². The van der Waals surface area contributed by atoms with Crippen molar-refractivity contribution in [2.45, 2.75) is 11.8 Å². The fourth-order valence-electron chi connectivity index (χ4n) is 0.784. The van der Waals surface area contributed by atoms with Crippen LogP contribution in [0.5, 0.6) is 0 Å². The Labute approximate surface area is 100 Å². The van der Waals surface area contributed by atoms with Crippen molar-refractivity contribution in [1.29, 1.82) is 0 Å². The van der Waals surface area contributed by atoms with Gasteiger partial charge in [-0.25, -0.2) is 0 Å². The first-order chi connectivity index (χ1) is 7.13. The third-order valence-electron chi connectivity index (χ3n) is 1.47. The number of nitrogens with two attached hydrogens (primary N) is 1. The summed E-state index contributed by atoms with van der Waals surface area (Å²) in [6, 6.07) is -0.594. The molecule has 0 radical (unpaired) electrons. The number of aromatic nitrogens is 2. The Hall–Kier alpha value is -0.370. The van der Waals surface area contributed by atoms with Gasteiger partial charge in [-0.2, -0.15) is 11.8 Å². The quantitative estimate of drug-likeness (QED) is 0.800. The van der Waals surface area contributed by atoms with E-state index in [2.05, 4.69) is 14.9 Å². The molecular formula is C7H10ClN3O2S2. The van der Waals surface area contributed by atoms with Crippen molar-refractivity contribution in [2.24, 2.45) is 5.73 Å². The second kappa shape index (κ2) is 6.26. The monoisotopic (exact) mass is 267 g/mol. The van der Waals surface area contributed by atoms with Gasteiger partial charge in [0.25, 0.3) is 0 Å². The predicted octanol–water partition coefficient (Wildman–Crippen LogP) is 0.925. The average Bonchev–Trinajstić information content (AvgIpc) is 2.63. The summed E-state index contributed by atoms with van der Waals surface area (Å²) in [5.41, 5.74) is 5.54. The molecule has 0 saturated heterocycles. The highest BCUT2D eigenvalue weighted by Gasteiger charge is 2.13. The van der Waals surface area contributed by atoms with E-state index in [-0.39, 0.29) is 0 Å². The van der Waals surface area contributed by atoms with Crippen LogP contribution in [0.3, 0.4) is 0 Å². The molecule has 0 aromatic carbocycles. The Morgan fingerprint density at radius 3 is 3.00 bits per heavy atom. The van der Waals surface area contributed by atoms with Crippen LogP contribution in [0.4, 0.5) is 0 Å². The number of thioether (sulfide) groups is 1. The summed E-state index contributed by atoms with van der Waals surface area (Å²) in [5, 5.41) is 8.32. The Morgan fingerprint density at radius 1 is 1.73 bits per heavy atom. The summed E-state index contributed by atoms with van der Waals surface area (Å²) in [6.07, 6.45) is 0. The summed E-state index contributed by atoms with van der Waals surface area (Å²) in [6.45, 7) is 0. The summed E-state index contributed by atoms with van der Waals surface area (Å²) in [4.78, 5) is 11.0. The number of hydrogen-bond acceptors (Lipinski definition) is 7. The standard InChI is InChI=1S/C7H10ClN3O2S2/c1-13-6(12)4(9)2-14-3-5-10-11-7(8)15-5/h4H,2-3,9H2,1H3. The lowest BCUT2D eigenvalue weighted by Gasteiger charge is -2.07. The summed E-state index contributed by atoms with van der Waals surface area (Å²) in [5.74, 6) is 0.733. The second-order valence-corrected chi connectivity index (χ2v) is 5.27. The van der Waals surface area contributed by atoms with Crippen molar-refractivity contribution >= 4 is 40.7 Å². The lowest BCUT2D eigenvalue weighted by molar-refractivity contribution is -0.141. The molecule has 0 aliphatic rings. The number of halogens is 1. The van der Waals surface area contributed by atoms with E-state index >= 15 is 0 Å². The van der Waals surface area contributed by atoms with Gasteiger partial charge in [0.1, 0.15) is 11.0 Å². The number of nitrogens with zero attached hydrogens (tertiary/aromatic N) is 2. The maximum atomic E-state index is 11.0. The van der Waals surface area contributed by atoms with Crippen molar-refractivity contribution in [1.82, 2.24) is 10.2 Å². The molecule has 84 valence electrons. The molecule has 1 unspecified atom stereocenters. The minimum atomic E-state index is -0.594. The molecular weight excluding hydrogens is 258 g/mol. The SMILES string of the molecule is COC(=O)C(N)CSCc1nnc(Cl)s1. The van der Waals surface area contributed by atoms with E-state index in [1.807, 2.05) is 0 Å². The molecule has 0 saturated carbocycles. The molecule has 0 aliphatic carbocycles. The molecule has 1 rings (SSSR count). The van der Waals surface area contributed by atoms with Crippen LogP contribution >= 0.6 is 34.7 Å². The molecule has 1 aromatic rings. The van der Waals surface area contributed by atoms with Gasteiger partial charge in [-0.15, -0.1) is 10.2 Å². The molecule has 1 atom stereocenters. The number of methoxy groups -OCH3 is 1. The van der Waals surface area contributed by atoms with E-state index in [0.29, 0.717) is 16.0 Å². The van der Waals surface area contributed by atoms with Gasteiger partial charge in [-0.05, 0) is 11.6 Å². The summed E-state index contributed by atoms with van der Waals surface area (Å²) in [7, 11) is 1.32. The number of esters is 1. The average molecular weight is 268 g/mol. The van der Waals surface area contributed by atoms with Crippen LogP contribution in [0.2, 0.25) is 4.47 Å². The van der Waals surface area contributed by atoms with E-state index in [4.69, 9.17) is 17.3 Å². The van der Waals surface area contributed by atoms with Gasteiger partial charge in [0.2, 0.25) is 4.47 Å². The number of carbonyl (C=O) groups is 1. The van der Waals surface area contributed by atoms with E-state index < -0.39 is 12.0 Å². The summed E-state index contributed by atoms with van der Waals surface area (Å²) < 4.78 is 4.91. The molecule has 1 aromatic heterocycles. The number of rotatable bonds is 5. The molecule has 0 aliphatic heterocycles. The lowest BCUT2D eigenvalue weighted by Crippen LogP contribution is -2.33. The third kappa shape index (κ3) is 4.33. The van der Waals surface area contributed by atoms with Gasteiger partial charge in [0, 0.05) is 11.5 Å². The highest BCUT2D eigenvalue weighted by atomic mass is 35.5. The van der Waals surface area contributed by atoms with Crippen molar-refractivity contribution in [2.75, 3.05) is 12.9 Å². The topological polar surface area (TPSA) is 78.1 Å². The third-order valence-corrected chi connectivity index (χ3v) is 3.74. The molecule has 0 spiro atoms. The molecule has 1 heterocycles. The van der Waals surface area contributed by atoms with Crippen LogP contribution in [0.25, 0.3) is 0 Å². The van der Waals surface area contributed by atoms with Gasteiger partial charge in [0.05, 0.1) is 7.11 Å². The van der Waals surface area contributed by atoms with Gasteiger partial charge >= 0.3 is 5.97 Å². The van der Waals surface area contributed by atoms with Crippen molar-refractivity contribution in [3.8, 4) is 0 Å². The van der Waals surface area contributed by atoms with Gasteiger partial charge in [-0.1, -0.05) is 11.3 Å². The molecule has 0 fully saturated rings. The van der Waals surface area contributed by atoms with Crippen LogP contribution < -0.4 is 5.73 Å². The minimum absolute atomic E-state index is 0.405. The fourth-order valence-corrected chi connectivity index (χ4v) is 2.67. The first-order valence-electron chi connectivity index (χ1n) is 4.02. The maximum Gasteiger partial charge on any atom is 0.323 e. The zero-order chi connectivity index (χ0) is 11.3. The van der Waals surface area contributed by atoms with Gasteiger partial charge < -0.3 is 10.5 Å². The molecule has 5 nitrogen and oxygen atoms in total. The first kappa shape index (κ1) is 12.7. The fraction of sp³-hybridized carbons (Fsp3) is 0.571. The smallest absolute Gasteiger partial charge is 0.323 e. The highest BCUT2D eigenvalue weighted by molar-refractivity contribution is 7.98. The number of carbonyl (C=O) groups excluding carboxylic acids is 1. The highest BCUT2D eigenvalue weighted by Crippen LogP contribution is 2.20. The number of ether oxygens (including phenoxy) is 1. The van der Waals surface area contributed by atoms with Crippen LogP contribution in [0.15, 0.2) is 0 Å². The molecule has 15 heavy (non-hydrogen) atoms. The first-order valence-corrected chi connectivity index (χ1v) is 6.37. The molecule has 0 bridgehead atoms. The van der Waals surface area contributed by atoms with E-state index in [0.717, 1.165) is 5.01 Å². The Balaban J connectivity index is 2.24. The molecule has 8 heteroatoms. The van der Waals surface area contributed by atoms with Crippen molar-refractivity contribution in [3.05, 3.63) is 9.47 Å². The predicted molar refractivity (Wildman–Crippen MR) is 61.1 cm³/mol. The van der Waals surface area contributed by atoms with E-state index in [1.165, 1.54) is 30.2 Å². The maximum absolute atomic E-state index is 11.0. The van der Waals surface area contributed by atoms with E-state index in [1.54, 1.807) is 0 Å². The van der Waals surface area contributed by atoms with Crippen molar-refractivity contribution < 1.29 is 9.53 Å². The molecule has 0 amide bonds. The van der Waals surface area contributed by atoms with E-state index in [9.17, 15) is 4.79 Å². The normalized spacial score (nSPS) is 12.5. The Kier molecular flexibility index (Phi) is 5.30. The number of hydrogen-bond donors (Lipinski definition) is 1. The Morgan fingerprint density at radius 2 is 2.47 bits per heavy atom. The molecule has 2 N–H and O–H groups in total. The largest absolute Gasteiger partial charge is 0.468 e. The van der Waals surface area contributed by atoms with Crippen LogP contribution in [-0.2, 0) is 15.3 Å². The lowest BCUT2D eigenvalue weighted by atomic mass is 10.4. The zero-order valence-electron chi connectivity index (χ0n) is 7.97. The minimum Gasteiger partial charge on any atom is -0.468 e. The van der Waals surface area contributed by atoms with Gasteiger partial charge in [0.15, 0.2) is 0 Å². The van der Waals surface area contributed by atoms with Crippen LogP contribution in [0.1, 0.15) is 5.01 Å². The van der Waals surface area contributed by atoms with Gasteiger partial charge in [-0.3, -0.25) is 4.79 Å². The van der Waals surface area contributed by atoms with Crippen LogP contribution in [-0.4, -0.2) is 35.1 Å². The van der Waals surface area contributed by atoms with Crippen LogP contribution in [0, 0.1) is 0 Å².